The zero-order valence-corrected chi connectivity index (χ0v) is 4.42. The number of hydrazone groups is 1. The highest BCUT2D eigenvalue weighted by Gasteiger charge is 2.00. The number of carbonyl (C=O) groups is 1. The molecule has 0 aromatic heterocycles. The highest BCUT2D eigenvalue weighted by atomic mass is 35.5. The van der Waals surface area contributed by atoms with Crippen molar-refractivity contribution in [2.24, 2.45) is 10.8 Å². The van der Waals surface area contributed by atoms with Crippen LogP contribution in [0.1, 0.15) is 0 Å². The normalized spacial score (nSPS) is 7.12. The Balaban J connectivity index is 3.82. The maximum Gasteiger partial charge on any atom is 0.351 e. The zero-order chi connectivity index (χ0) is 6.57. The molecule has 0 radical (unpaired) electrons. The molecule has 0 aliphatic carbocycles. The van der Waals surface area contributed by atoms with E-state index >= 15 is 0 Å². The number of nitrogens with two attached hydrogens (primary N) is 1. The number of hydrogen-bond donors (Lipinski definition) is 1. The van der Waals surface area contributed by atoms with Gasteiger partial charge in [0.1, 0.15) is 0 Å². The Kier molecular flexibility index (Phi) is 2.61. The lowest BCUT2D eigenvalue weighted by molar-refractivity contribution is 0.234. The molecule has 0 fully saturated rings. The maximum absolute atomic E-state index is 9.83. The average molecular weight is 136 g/mol. The van der Waals surface area contributed by atoms with Crippen molar-refractivity contribution >= 4 is 23.9 Å². The van der Waals surface area contributed by atoms with Gasteiger partial charge in [0.05, 0.1) is 0 Å². The average Bonchev–Trinajstić information content (AvgIpc) is 1.67. The molecule has 8 heavy (non-hydrogen) atoms. The summed E-state index contributed by atoms with van der Waals surface area (Å²) < 4.78 is 0.160. The first-order valence-electron chi connectivity index (χ1n) is 1.51. The molecule has 0 bridgehead atoms. The number of rotatable bonds is 1. The largest absolute Gasteiger partial charge is 0.351 e. The molecule has 0 rings (SSSR count). The van der Waals surface area contributed by atoms with Crippen LogP contribution >= 0.6 is 11.8 Å². The van der Waals surface area contributed by atoms with E-state index in [4.69, 9.17) is 11.8 Å². The van der Waals surface area contributed by atoms with E-state index in [1.165, 1.54) is 0 Å². The molecular weight excluding hydrogens is 133 g/mol. The van der Waals surface area contributed by atoms with E-state index in [0.29, 0.717) is 0 Å². The van der Waals surface area contributed by atoms with E-state index in [-0.39, 0.29) is 4.53 Å². The fourth-order valence-corrected chi connectivity index (χ4v) is 0.116. The molecule has 0 aromatic rings. The molecule has 2 amide bonds. The lowest BCUT2D eigenvalue weighted by Gasteiger charge is -1.95. The Labute approximate surface area is 49.8 Å². The Morgan fingerprint density at radius 3 is 2.50 bits per heavy atom. The Morgan fingerprint density at radius 1 is 1.88 bits per heavy atom. The number of halogens is 1. The lowest BCUT2D eigenvalue weighted by Crippen LogP contribution is -2.22. The first kappa shape index (κ1) is 6.94. The monoisotopic (exact) mass is 135 g/mol. The number of primary amides is 1. The molecule has 0 saturated heterocycles. The second kappa shape index (κ2) is 3.01. The molecule has 0 aromatic carbocycles. The molecule has 2 N–H and O–H groups in total. The van der Waals surface area contributed by atoms with Crippen LogP contribution in [-0.2, 0) is 4.79 Å². The van der Waals surface area contributed by atoms with Crippen LogP contribution in [0.5, 0.6) is 0 Å². The van der Waals surface area contributed by atoms with Crippen LogP contribution in [0.25, 0.3) is 0 Å². The van der Waals surface area contributed by atoms with Crippen molar-refractivity contribution in [2.75, 3.05) is 0 Å². The van der Waals surface area contributed by atoms with Crippen LogP contribution in [-0.4, -0.2) is 16.6 Å². The van der Waals surface area contributed by atoms with Crippen LogP contribution < -0.4 is 5.73 Å². The Morgan fingerprint density at radius 2 is 2.38 bits per heavy atom. The summed E-state index contributed by atoms with van der Waals surface area (Å²) in [6.45, 7) is 0. The van der Waals surface area contributed by atoms with Gasteiger partial charge in [0.15, 0.2) is 0 Å². The molecule has 6 heteroatoms. The smallest absolute Gasteiger partial charge is 0.349 e. The second-order valence-corrected chi connectivity index (χ2v) is 1.11. The van der Waals surface area contributed by atoms with E-state index in [1.54, 1.807) is 0 Å². The molecule has 5 nitrogen and oxygen atoms in total. The van der Waals surface area contributed by atoms with Crippen LogP contribution in [0, 0.1) is 0 Å². The molecule has 0 atom stereocenters. The van der Waals surface area contributed by atoms with Crippen LogP contribution in [0.4, 0.5) is 4.79 Å². The zero-order valence-electron chi connectivity index (χ0n) is 3.67. The maximum atomic E-state index is 9.83. The molecule has 0 unspecified atom stereocenters. The molecule has 44 valence electrons. The summed E-state index contributed by atoms with van der Waals surface area (Å²) in [5.41, 5.74) is 4.50. The third-order valence-electron chi connectivity index (χ3n) is 0.310. The first-order chi connectivity index (χ1) is 3.68. The fourth-order valence-electron chi connectivity index (χ4n) is 0.0851. The minimum Gasteiger partial charge on any atom is -0.349 e. The van der Waals surface area contributed by atoms with Gasteiger partial charge in [0, 0.05) is 11.8 Å². The summed E-state index contributed by atoms with van der Waals surface area (Å²) in [5.74, 6) is 0. The third kappa shape index (κ3) is 2.17. The van der Waals surface area contributed by atoms with Crippen molar-refractivity contribution in [3.8, 4) is 0 Å². The van der Waals surface area contributed by atoms with Crippen molar-refractivity contribution < 1.29 is 9.59 Å². The minimum absolute atomic E-state index is 0.160. The Bertz CT molecular complexity index is 138. The summed E-state index contributed by atoms with van der Waals surface area (Å²) >= 11 is 4.85. The SMILES string of the molecule is NC(=O)N(Cl)N=C=O. The number of carbonyl (C=O) groups excluding carboxylic acids is 2. The predicted octanol–water partition coefficient (Wildman–Crippen LogP) is -0.228. The van der Waals surface area contributed by atoms with Gasteiger partial charge in [-0.1, -0.05) is 5.10 Å². The van der Waals surface area contributed by atoms with Crippen molar-refractivity contribution in [1.29, 1.82) is 0 Å². The molecule has 0 aliphatic heterocycles. The molecular formula is C2H2ClN3O2. The predicted molar refractivity (Wildman–Crippen MR) is 25.4 cm³/mol. The van der Waals surface area contributed by atoms with E-state index in [2.05, 4.69) is 10.8 Å². The molecule has 0 saturated carbocycles. The topological polar surface area (TPSA) is 75.8 Å². The summed E-state index contributed by atoms with van der Waals surface area (Å²) in [6.07, 6.45) is 1.02. The summed E-state index contributed by atoms with van der Waals surface area (Å²) in [5, 5.41) is 2.64. The number of amides is 2. The standard InChI is InChI=1S/C2H2ClN3O2/c3-6(2(4)8)5-1-7/h(H2,4,8). The summed E-state index contributed by atoms with van der Waals surface area (Å²) in [4.78, 5) is 19.1. The highest BCUT2D eigenvalue weighted by molar-refractivity contribution is 6.20. The fraction of sp³-hybridized carbons (Fsp3) is 0. The first-order valence-corrected chi connectivity index (χ1v) is 1.85. The van der Waals surface area contributed by atoms with Crippen molar-refractivity contribution in [2.45, 2.75) is 0 Å². The quantitative estimate of drug-likeness (QED) is 0.233. The van der Waals surface area contributed by atoms with Crippen LogP contribution in [0.2, 0.25) is 0 Å². The van der Waals surface area contributed by atoms with Gasteiger partial charge in [-0.15, -0.1) is 4.53 Å². The van der Waals surface area contributed by atoms with E-state index in [1.807, 2.05) is 0 Å². The lowest BCUT2D eigenvalue weighted by atomic mass is 11.1. The summed E-state index contributed by atoms with van der Waals surface area (Å²) in [6, 6.07) is -1.02. The van der Waals surface area contributed by atoms with Gasteiger partial charge in [0.2, 0.25) is 0 Å². The van der Waals surface area contributed by atoms with E-state index in [9.17, 15) is 9.59 Å². The Hall–Kier alpha value is -1.06. The minimum atomic E-state index is -1.02. The van der Waals surface area contributed by atoms with Gasteiger partial charge in [-0.05, 0) is 0 Å². The van der Waals surface area contributed by atoms with Crippen molar-refractivity contribution in [3.63, 3.8) is 0 Å². The number of hydrogen-bond acceptors (Lipinski definition) is 3. The second-order valence-electron chi connectivity index (χ2n) is 0.790. The van der Waals surface area contributed by atoms with Crippen molar-refractivity contribution in [1.82, 2.24) is 4.53 Å². The van der Waals surface area contributed by atoms with E-state index < -0.39 is 6.03 Å². The van der Waals surface area contributed by atoms with Crippen LogP contribution in [0.3, 0.4) is 0 Å². The van der Waals surface area contributed by atoms with Gasteiger partial charge in [0.25, 0.3) is 6.08 Å². The van der Waals surface area contributed by atoms with Crippen LogP contribution in [0.15, 0.2) is 5.10 Å². The van der Waals surface area contributed by atoms with Gasteiger partial charge < -0.3 is 5.73 Å². The summed E-state index contributed by atoms with van der Waals surface area (Å²) in [7, 11) is 0. The van der Waals surface area contributed by atoms with Crippen molar-refractivity contribution in [3.05, 3.63) is 0 Å². The van der Waals surface area contributed by atoms with Gasteiger partial charge in [-0.2, -0.15) is 0 Å². The number of urea groups is 1. The molecule has 0 heterocycles. The number of nitrogens with zero attached hydrogens (tertiary/aromatic N) is 2. The molecule has 0 spiro atoms. The third-order valence-corrected chi connectivity index (χ3v) is 0.553. The van der Waals surface area contributed by atoms with E-state index in [0.717, 1.165) is 6.08 Å². The highest BCUT2D eigenvalue weighted by Crippen LogP contribution is 1.89. The number of isocyanates is 1. The van der Waals surface area contributed by atoms with Gasteiger partial charge in [-0.25, -0.2) is 9.59 Å². The molecule has 0 aliphatic rings. The van der Waals surface area contributed by atoms with Gasteiger partial charge >= 0.3 is 6.03 Å². The van der Waals surface area contributed by atoms with Gasteiger partial charge in [-0.3, -0.25) is 0 Å².